The molecule has 1 aromatic carbocycles. The fraction of sp³-hybridized carbons (Fsp3) is 0.238. The summed E-state index contributed by atoms with van der Waals surface area (Å²) in [4.78, 5) is 38.1. The number of carbonyl (C=O) groups is 1. The number of H-pyrrole nitrogens is 1. The summed E-state index contributed by atoms with van der Waals surface area (Å²) in [7, 11) is 1.37. The SMILES string of the molecule is COC(=O)c1cccc(CN2CCc3c(nc(-c4cccnc4)[nH]c3=O)C2)c1. The van der Waals surface area contributed by atoms with Gasteiger partial charge in [-0.25, -0.2) is 9.78 Å². The van der Waals surface area contributed by atoms with Crippen LogP contribution in [-0.2, 0) is 24.2 Å². The summed E-state index contributed by atoms with van der Waals surface area (Å²) in [5, 5.41) is 0. The summed E-state index contributed by atoms with van der Waals surface area (Å²) >= 11 is 0. The second-order valence-corrected chi connectivity index (χ2v) is 6.73. The second-order valence-electron chi connectivity index (χ2n) is 6.73. The van der Waals surface area contributed by atoms with Crippen molar-refractivity contribution < 1.29 is 9.53 Å². The van der Waals surface area contributed by atoms with Crippen molar-refractivity contribution in [2.24, 2.45) is 0 Å². The predicted octanol–water partition coefficient (Wildman–Crippen LogP) is 2.18. The number of fused-ring (bicyclic) bond motifs is 1. The minimum Gasteiger partial charge on any atom is -0.465 e. The van der Waals surface area contributed by atoms with E-state index in [0.29, 0.717) is 30.9 Å². The van der Waals surface area contributed by atoms with Crippen LogP contribution >= 0.6 is 0 Å². The molecule has 1 aliphatic rings. The topological polar surface area (TPSA) is 88.2 Å². The Morgan fingerprint density at radius 1 is 1.29 bits per heavy atom. The highest BCUT2D eigenvalue weighted by Gasteiger charge is 2.21. The zero-order valence-electron chi connectivity index (χ0n) is 15.5. The van der Waals surface area contributed by atoms with Crippen LogP contribution < -0.4 is 5.56 Å². The molecule has 1 aliphatic heterocycles. The highest BCUT2D eigenvalue weighted by Crippen LogP contribution is 2.20. The number of aromatic amines is 1. The minimum absolute atomic E-state index is 0.0869. The molecule has 0 radical (unpaired) electrons. The van der Waals surface area contributed by atoms with Crippen molar-refractivity contribution in [2.45, 2.75) is 19.5 Å². The maximum atomic E-state index is 12.5. The zero-order chi connectivity index (χ0) is 19.5. The summed E-state index contributed by atoms with van der Waals surface area (Å²) in [5.41, 5.74) is 3.78. The fourth-order valence-corrected chi connectivity index (χ4v) is 3.44. The van der Waals surface area contributed by atoms with Crippen LogP contribution in [-0.4, -0.2) is 39.5 Å². The number of esters is 1. The van der Waals surface area contributed by atoms with E-state index in [4.69, 9.17) is 4.74 Å². The zero-order valence-corrected chi connectivity index (χ0v) is 15.5. The molecule has 28 heavy (non-hydrogen) atoms. The molecule has 0 atom stereocenters. The summed E-state index contributed by atoms with van der Waals surface area (Å²) in [5.74, 6) is 0.187. The number of ether oxygens (including phenoxy) is 1. The van der Waals surface area contributed by atoms with Gasteiger partial charge in [-0.15, -0.1) is 0 Å². The first-order valence-electron chi connectivity index (χ1n) is 9.06. The first kappa shape index (κ1) is 18.1. The van der Waals surface area contributed by atoms with E-state index in [0.717, 1.165) is 28.9 Å². The third-order valence-electron chi connectivity index (χ3n) is 4.84. The van der Waals surface area contributed by atoms with Gasteiger partial charge in [-0.2, -0.15) is 0 Å². The van der Waals surface area contributed by atoms with Crippen LogP contribution in [0.3, 0.4) is 0 Å². The van der Waals surface area contributed by atoms with Crippen LogP contribution in [0, 0.1) is 0 Å². The van der Waals surface area contributed by atoms with Gasteiger partial charge in [0.1, 0.15) is 5.82 Å². The number of hydrogen-bond donors (Lipinski definition) is 1. The van der Waals surface area contributed by atoms with Gasteiger partial charge in [-0.05, 0) is 36.2 Å². The molecule has 0 spiro atoms. The maximum absolute atomic E-state index is 12.5. The van der Waals surface area contributed by atoms with E-state index in [9.17, 15) is 9.59 Å². The molecule has 3 heterocycles. The van der Waals surface area contributed by atoms with Gasteiger partial charge >= 0.3 is 5.97 Å². The average Bonchev–Trinajstić information content (AvgIpc) is 2.73. The Morgan fingerprint density at radius 2 is 2.18 bits per heavy atom. The number of benzene rings is 1. The van der Waals surface area contributed by atoms with Crippen molar-refractivity contribution >= 4 is 5.97 Å². The predicted molar refractivity (Wildman–Crippen MR) is 104 cm³/mol. The van der Waals surface area contributed by atoms with Gasteiger partial charge in [0.2, 0.25) is 0 Å². The number of hydrogen-bond acceptors (Lipinski definition) is 6. The molecule has 7 heteroatoms. The molecular formula is C21H20N4O3. The van der Waals surface area contributed by atoms with Crippen molar-refractivity contribution in [3.8, 4) is 11.4 Å². The maximum Gasteiger partial charge on any atom is 0.337 e. The summed E-state index contributed by atoms with van der Waals surface area (Å²) in [6.07, 6.45) is 4.01. The van der Waals surface area contributed by atoms with Gasteiger partial charge in [0.25, 0.3) is 5.56 Å². The van der Waals surface area contributed by atoms with Crippen molar-refractivity contribution in [2.75, 3.05) is 13.7 Å². The molecule has 0 fully saturated rings. The molecule has 2 aromatic heterocycles. The van der Waals surface area contributed by atoms with Gasteiger partial charge in [-0.3, -0.25) is 14.7 Å². The van der Waals surface area contributed by atoms with E-state index in [2.05, 4.69) is 19.9 Å². The lowest BCUT2D eigenvalue weighted by Crippen LogP contribution is -2.35. The van der Waals surface area contributed by atoms with E-state index < -0.39 is 0 Å². The lowest BCUT2D eigenvalue weighted by atomic mass is 10.0. The normalized spacial score (nSPS) is 13.8. The number of methoxy groups -OCH3 is 1. The second kappa shape index (κ2) is 7.74. The first-order valence-corrected chi connectivity index (χ1v) is 9.06. The van der Waals surface area contributed by atoms with Crippen LogP contribution in [0.5, 0.6) is 0 Å². The monoisotopic (exact) mass is 376 g/mol. The number of aromatic nitrogens is 3. The van der Waals surface area contributed by atoms with Gasteiger partial charge in [0, 0.05) is 43.2 Å². The Morgan fingerprint density at radius 3 is 2.96 bits per heavy atom. The van der Waals surface area contributed by atoms with Gasteiger partial charge in [-0.1, -0.05) is 12.1 Å². The van der Waals surface area contributed by atoms with Crippen LogP contribution in [0.1, 0.15) is 27.2 Å². The Bertz CT molecular complexity index is 1060. The molecule has 0 aliphatic carbocycles. The number of pyridine rings is 1. The lowest BCUT2D eigenvalue weighted by molar-refractivity contribution is 0.0600. The van der Waals surface area contributed by atoms with E-state index in [1.54, 1.807) is 18.5 Å². The van der Waals surface area contributed by atoms with Crippen LogP contribution in [0.4, 0.5) is 0 Å². The third kappa shape index (κ3) is 3.70. The molecule has 0 saturated heterocycles. The molecule has 4 rings (SSSR count). The molecule has 7 nitrogen and oxygen atoms in total. The summed E-state index contributed by atoms with van der Waals surface area (Å²) in [6.45, 7) is 2.00. The molecule has 3 aromatic rings. The summed E-state index contributed by atoms with van der Waals surface area (Å²) < 4.78 is 4.79. The Kier molecular flexibility index (Phi) is 4.99. The Balaban J connectivity index is 1.57. The molecule has 1 N–H and O–H groups in total. The van der Waals surface area contributed by atoms with E-state index >= 15 is 0 Å². The van der Waals surface area contributed by atoms with Gasteiger partial charge in [0.15, 0.2) is 0 Å². The highest BCUT2D eigenvalue weighted by atomic mass is 16.5. The number of nitrogens with one attached hydrogen (secondary N) is 1. The average molecular weight is 376 g/mol. The van der Waals surface area contributed by atoms with Gasteiger partial charge < -0.3 is 9.72 Å². The highest BCUT2D eigenvalue weighted by molar-refractivity contribution is 5.89. The molecule has 0 unspecified atom stereocenters. The Labute approximate surface area is 162 Å². The number of carbonyl (C=O) groups excluding carboxylic acids is 1. The van der Waals surface area contributed by atoms with Crippen molar-refractivity contribution in [1.82, 2.24) is 19.9 Å². The number of nitrogens with zero attached hydrogens (tertiary/aromatic N) is 3. The van der Waals surface area contributed by atoms with E-state index in [1.807, 2.05) is 30.3 Å². The molecular weight excluding hydrogens is 356 g/mol. The number of rotatable bonds is 4. The summed E-state index contributed by atoms with van der Waals surface area (Å²) in [6, 6.07) is 11.1. The quantitative estimate of drug-likeness (QED) is 0.702. The van der Waals surface area contributed by atoms with Crippen molar-refractivity contribution in [1.29, 1.82) is 0 Å². The third-order valence-corrected chi connectivity index (χ3v) is 4.84. The largest absolute Gasteiger partial charge is 0.465 e. The smallest absolute Gasteiger partial charge is 0.337 e. The van der Waals surface area contributed by atoms with Crippen molar-refractivity contribution in [3.05, 3.63) is 81.5 Å². The first-order chi connectivity index (χ1) is 13.6. The van der Waals surface area contributed by atoms with Crippen molar-refractivity contribution in [3.63, 3.8) is 0 Å². The van der Waals surface area contributed by atoms with E-state index in [1.165, 1.54) is 7.11 Å². The molecule has 0 saturated carbocycles. The minimum atomic E-state index is -0.347. The van der Waals surface area contributed by atoms with Gasteiger partial charge in [0.05, 0.1) is 18.4 Å². The molecule has 0 amide bonds. The fourth-order valence-electron chi connectivity index (χ4n) is 3.44. The van der Waals surface area contributed by atoms with Crippen LogP contribution in [0.15, 0.2) is 53.6 Å². The molecule has 0 bridgehead atoms. The Hall–Kier alpha value is -3.32. The van der Waals surface area contributed by atoms with Crippen LogP contribution in [0.25, 0.3) is 11.4 Å². The van der Waals surface area contributed by atoms with Crippen LogP contribution in [0.2, 0.25) is 0 Å². The molecule has 142 valence electrons. The lowest BCUT2D eigenvalue weighted by Gasteiger charge is -2.27. The standard InChI is InChI=1S/C21H20N4O3/c1-28-21(27)15-5-2-4-14(10-15)12-25-9-7-17-18(13-25)23-19(24-20(17)26)16-6-3-8-22-11-16/h2-6,8,10-11H,7,9,12-13H2,1H3,(H,23,24,26). The van der Waals surface area contributed by atoms with E-state index in [-0.39, 0.29) is 11.5 Å².